The maximum atomic E-state index is 12.6. The van der Waals surface area contributed by atoms with Crippen molar-refractivity contribution in [2.45, 2.75) is 31.9 Å². The molecule has 0 amide bonds. The molecular formula is C35H35Cl2N7O5. The van der Waals surface area contributed by atoms with Crippen LogP contribution in [0.4, 0.5) is 11.4 Å². The van der Waals surface area contributed by atoms with Crippen molar-refractivity contribution in [2.75, 3.05) is 49.2 Å². The van der Waals surface area contributed by atoms with Crippen molar-refractivity contribution in [3.63, 3.8) is 0 Å². The molecule has 0 aliphatic carbocycles. The van der Waals surface area contributed by atoms with Crippen molar-refractivity contribution in [1.82, 2.24) is 23.9 Å². The van der Waals surface area contributed by atoms with Gasteiger partial charge in [0.25, 0.3) is 0 Å². The van der Waals surface area contributed by atoms with Gasteiger partial charge in [0.15, 0.2) is 5.78 Å². The molecule has 2 aliphatic heterocycles. The molecule has 0 bridgehead atoms. The molecule has 14 heteroatoms. The monoisotopic (exact) mass is 703 g/mol. The summed E-state index contributed by atoms with van der Waals surface area (Å²) < 4.78 is 23.4. The first-order chi connectivity index (χ1) is 23.8. The summed E-state index contributed by atoms with van der Waals surface area (Å²) in [6.07, 6.45) is 6.40. The van der Waals surface area contributed by atoms with Gasteiger partial charge in [0.1, 0.15) is 31.3 Å². The van der Waals surface area contributed by atoms with E-state index in [1.807, 2.05) is 53.2 Å². The van der Waals surface area contributed by atoms with Gasteiger partial charge in [-0.15, -0.1) is 0 Å². The summed E-state index contributed by atoms with van der Waals surface area (Å²) in [6.45, 7) is 5.84. The Kier molecular flexibility index (Phi) is 9.46. The van der Waals surface area contributed by atoms with Crippen LogP contribution in [0.5, 0.6) is 5.75 Å². The number of piperazine rings is 1. The first kappa shape index (κ1) is 32.9. The normalized spacial score (nSPS) is 19.4. The van der Waals surface area contributed by atoms with E-state index in [2.05, 4.69) is 32.0 Å². The average Bonchev–Trinajstić information content (AvgIpc) is 3.86. The zero-order valence-corrected chi connectivity index (χ0v) is 28.3. The third kappa shape index (κ3) is 7.23. The van der Waals surface area contributed by atoms with Crippen LogP contribution in [0, 0.1) is 0 Å². The molecule has 2 aromatic heterocycles. The number of hydrogen-bond acceptors (Lipinski definition) is 9. The zero-order chi connectivity index (χ0) is 34.0. The standard InChI is InChI=1S/C35H35Cl2N7O5/c1-25(45)19-44-34(46)43(24-39-44)29-5-3-27(4-6-29)41-14-16-42(17-15-41)28-7-9-30(10-8-28)47-20-31-21-48-35(49-31,22-40-13-12-38-23-40)32-11-2-26(36)18-33(32)37/h2-13,18,23-24,31H,14-17,19-22H2,1H3/t31-,35-/m1/s1. The second-order valence-electron chi connectivity index (χ2n) is 12.1. The molecule has 3 aromatic carbocycles. The lowest BCUT2D eigenvalue weighted by molar-refractivity contribution is -0.189. The third-order valence-electron chi connectivity index (χ3n) is 8.67. The topological polar surface area (TPSA) is 109 Å². The van der Waals surface area contributed by atoms with E-state index >= 15 is 0 Å². The number of imidazole rings is 1. The molecule has 4 heterocycles. The fourth-order valence-electron chi connectivity index (χ4n) is 6.20. The Morgan fingerprint density at radius 1 is 0.939 bits per heavy atom. The second-order valence-corrected chi connectivity index (χ2v) is 12.9. The molecule has 2 atom stereocenters. The van der Waals surface area contributed by atoms with Crippen molar-refractivity contribution in [1.29, 1.82) is 0 Å². The fourth-order valence-corrected chi connectivity index (χ4v) is 6.75. The Bertz CT molecular complexity index is 1960. The zero-order valence-electron chi connectivity index (χ0n) is 26.8. The Balaban J connectivity index is 0.924. The molecule has 0 N–H and O–H groups in total. The van der Waals surface area contributed by atoms with Gasteiger partial charge in [-0.3, -0.25) is 4.79 Å². The molecule has 5 aromatic rings. The van der Waals surface area contributed by atoms with Gasteiger partial charge in [-0.2, -0.15) is 5.10 Å². The molecule has 2 aliphatic rings. The highest BCUT2D eigenvalue weighted by Crippen LogP contribution is 2.40. The number of benzene rings is 3. The van der Waals surface area contributed by atoms with Gasteiger partial charge in [0, 0.05) is 60.5 Å². The number of aromatic nitrogens is 5. The van der Waals surface area contributed by atoms with E-state index in [0.717, 1.165) is 43.3 Å². The number of carbonyl (C=O) groups excluding carboxylic acids is 1. The van der Waals surface area contributed by atoms with E-state index in [-0.39, 0.29) is 24.1 Å². The Labute approximate surface area is 292 Å². The van der Waals surface area contributed by atoms with E-state index < -0.39 is 5.79 Å². The summed E-state index contributed by atoms with van der Waals surface area (Å²) in [5.41, 5.74) is 3.28. The summed E-state index contributed by atoms with van der Waals surface area (Å²) in [4.78, 5) is 32.8. The minimum atomic E-state index is -1.11. The van der Waals surface area contributed by atoms with Gasteiger partial charge >= 0.3 is 5.69 Å². The Morgan fingerprint density at radius 3 is 2.24 bits per heavy atom. The molecule has 2 saturated heterocycles. The fraction of sp³-hybridized carbons (Fsp3) is 0.314. The molecule has 254 valence electrons. The van der Waals surface area contributed by atoms with E-state index in [0.29, 0.717) is 41.1 Å². The molecule has 0 saturated carbocycles. The first-order valence-electron chi connectivity index (χ1n) is 16.0. The third-order valence-corrected chi connectivity index (χ3v) is 9.21. The van der Waals surface area contributed by atoms with Crippen molar-refractivity contribution >= 4 is 40.4 Å². The van der Waals surface area contributed by atoms with Crippen LogP contribution in [0.3, 0.4) is 0 Å². The largest absolute Gasteiger partial charge is 0.491 e. The molecule has 0 radical (unpaired) electrons. The highest BCUT2D eigenvalue weighted by molar-refractivity contribution is 6.35. The van der Waals surface area contributed by atoms with Gasteiger partial charge < -0.3 is 28.6 Å². The first-order valence-corrected chi connectivity index (χ1v) is 16.7. The lowest BCUT2D eigenvalue weighted by Crippen LogP contribution is -2.46. The van der Waals surface area contributed by atoms with Gasteiger partial charge in [-0.05, 0) is 67.6 Å². The van der Waals surface area contributed by atoms with Crippen LogP contribution < -0.4 is 20.2 Å². The van der Waals surface area contributed by atoms with Crippen LogP contribution in [0.1, 0.15) is 12.5 Å². The predicted octanol–water partition coefficient (Wildman–Crippen LogP) is 4.80. The van der Waals surface area contributed by atoms with Gasteiger partial charge in [0.2, 0.25) is 5.79 Å². The van der Waals surface area contributed by atoms with E-state index in [1.54, 1.807) is 24.7 Å². The lowest BCUT2D eigenvalue weighted by Gasteiger charge is -2.37. The molecular weight excluding hydrogens is 669 g/mol. The minimum absolute atomic E-state index is 0.0364. The SMILES string of the molecule is CC(=O)Cn1ncn(-c2ccc(N3CCN(c4ccc(OC[C@@H]5CO[C@@](Cn6ccnc6)(c6ccc(Cl)cc6Cl)O5)cc4)CC3)cc2)c1=O. The van der Waals surface area contributed by atoms with Crippen molar-refractivity contribution in [3.8, 4) is 11.4 Å². The lowest BCUT2D eigenvalue weighted by atomic mass is 10.1. The van der Waals surface area contributed by atoms with Crippen molar-refractivity contribution < 1.29 is 19.0 Å². The second kappa shape index (κ2) is 14.1. The van der Waals surface area contributed by atoms with Crippen LogP contribution in [-0.2, 0) is 33.1 Å². The van der Waals surface area contributed by atoms with Crippen LogP contribution in [0.15, 0.2) is 96.6 Å². The summed E-state index contributed by atoms with van der Waals surface area (Å²) >= 11 is 12.8. The van der Waals surface area contributed by atoms with E-state index in [9.17, 15) is 9.59 Å². The number of carbonyl (C=O) groups is 1. The quantitative estimate of drug-likeness (QED) is 0.192. The van der Waals surface area contributed by atoms with Gasteiger partial charge in [-0.25, -0.2) is 19.0 Å². The number of ether oxygens (including phenoxy) is 3. The summed E-state index contributed by atoms with van der Waals surface area (Å²) in [6, 6.07) is 21.2. The van der Waals surface area contributed by atoms with Crippen molar-refractivity contribution in [3.05, 3.63) is 118 Å². The average molecular weight is 705 g/mol. The van der Waals surface area contributed by atoms with E-state index in [4.69, 9.17) is 37.4 Å². The molecule has 7 rings (SSSR count). The van der Waals surface area contributed by atoms with Crippen LogP contribution in [0.2, 0.25) is 10.0 Å². The van der Waals surface area contributed by atoms with Gasteiger partial charge in [0.05, 0.1) is 30.2 Å². The summed E-state index contributed by atoms with van der Waals surface area (Å²) in [5, 5.41) is 5.05. The van der Waals surface area contributed by atoms with Crippen LogP contribution in [-0.4, -0.2) is 75.2 Å². The smallest absolute Gasteiger partial charge is 0.350 e. The molecule has 49 heavy (non-hydrogen) atoms. The molecule has 12 nitrogen and oxygen atoms in total. The van der Waals surface area contributed by atoms with Gasteiger partial charge in [-0.1, -0.05) is 29.3 Å². The number of hydrogen-bond donors (Lipinski definition) is 0. The highest BCUT2D eigenvalue weighted by Gasteiger charge is 2.45. The van der Waals surface area contributed by atoms with Crippen molar-refractivity contribution in [2.24, 2.45) is 0 Å². The number of halogens is 2. The summed E-state index contributed by atoms with van der Waals surface area (Å²) in [7, 11) is 0. The number of rotatable bonds is 11. The minimum Gasteiger partial charge on any atom is -0.491 e. The highest BCUT2D eigenvalue weighted by atomic mass is 35.5. The molecule has 2 fully saturated rings. The number of ketones is 1. The maximum Gasteiger partial charge on any atom is 0.350 e. The molecule has 0 unspecified atom stereocenters. The maximum absolute atomic E-state index is 12.6. The number of anilines is 2. The Hall–Kier alpha value is -4.62. The number of nitrogens with zero attached hydrogens (tertiary/aromatic N) is 7. The van der Waals surface area contributed by atoms with E-state index in [1.165, 1.54) is 22.5 Å². The summed E-state index contributed by atoms with van der Waals surface area (Å²) in [5.74, 6) is -0.484. The van der Waals surface area contributed by atoms with Crippen LogP contribution in [0.25, 0.3) is 5.69 Å². The number of Topliss-reactive ketones (excluding diaryl/α,β-unsaturated/α-hetero) is 1. The van der Waals surface area contributed by atoms with Crippen LogP contribution >= 0.6 is 23.2 Å². The Morgan fingerprint density at radius 2 is 1.61 bits per heavy atom. The predicted molar refractivity (Wildman–Crippen MR) is 186 cm³/mol. The molecule has 0 spiro atoms.